The van der Waals surface area contributed by atoms with Gasteiger partial charge >= 0.3 is 0 Å². The summed E-state index contributed by atoms with van der Waals surface area (Å²) in [5, 5.41) is 4.71. The van der Waals surface area contributed by atoms with Crippen molar-refractivity contribution in [2.45, 2.75) is 17.1 Å². The zero-order chi connectivity index (χ0) is 17.2. The van der Waals surface area contributed by atoms with Gasteiger partial charge in [-0.3, -0.25) is 4.90 Å². The predicted molar refractivity (Wildman–Crippen MR) is 99.8 cm³/mol. The van der Waals surface area contributed by atoms with E-state index in [1.165, 1.54) is 18.4 Å². The van der Waals surface area contributed by atoms with Gasteiger partial charge in [-0.05, 0) is 30.4 Å². The summed E-state index contributed by atoms with van der Waals surface area (Å²) in [5.74, 6) is 0. The number of nitrogens with one attached hydrogen (secondary N) is 1. The lowest BCUT2D eigenvalue weighted by molar-refractivity contribution is 0.521. The monoisotopic (exact) mass is 372 g/mol. The van der Waals surface area contributed by atoms with Crippen LogP contribution in [0.1, 0.15) is 6.92 Å². The minimum absolute atomic E-state index is 0.225. The molecule has 1 N–H and O–H groups in total. The Hall–Kier alpha value is -1.16. The largest absolute Gasteiger partial charge is 0.365 e. The number of sulfonamides is 1. The molecule has 1 aromatic carbocycles. The first-order valence-corrected chi connectivity index (χ1v) is 9.75. The van der Waals surface area contributed by atoms with Crippen molar-refractivity contribution in [2.75, 3.05) is 27.7 Å². The van der Waals surface area contributed by atoms with Gasteiger partial charge in [0, 0.05) is 32.9 Å². The van der Waals surface area contributed by atoms with Crippen molar-refractivity contribution in [3.8, 4) is 0 Å². The van der Waals surface area contributed by atoms with Crippen LogP contribution in [0.3, 0.4) is 0 Å². The number of nitrogens with zero attached hydrogens (tertiary/aromatic N) is 3. The Kier molecular flexibility index (Phi) is 5.66. The molecule has 0 bridgehead atoms. The lowest BCUT2D eigenvalue weighted by Gasteiger charge is -2.18. The third kappa shape index (κ3) is 4.03. The Morgan fingerprint density at radius 1 is 1.48 bits per heavy atom. The molecule has 1 saturated heterocycles. The Labute approximate surface area is 147 Å². The van der Waals surface area contributed by atoms with Crippen LogP contribution in [0.5, 0.6) is 0 Å². The molecule has 1 fully saturated rings. The topological polar surface area (TPSA) is 65.0 Å². The molecule has 2 rings (SSSR count). The van der Waals surface area contributed by atoms with Crippen LogP contribution in [0.4, 0.5) is 5.69 Å². The van der Waals surface area contributed by atoms with E-state index in [9.17, 15) is 8.42 Å². The van der Waals surface area contributed by atoms with Crippen LogP contribution in [0, 0.1) is 0 Å². The van der Waals surface area contributed by atoms with E-state index >= 15 is 0 Å². The number of thiocarbonyl (C=S) groups is 1. The zero-order valence-corrected chi connectivity index (χ0v) is 15.9. The smallest absolute Gasteiger partial charge is 0.242 e. The summed E-state index contributed by atoms with van der Waals surface area (Å²) in [4.78, 5) is 6.74. The summed E-state index contributed by atoms with van der Waals surface area (Å²) in [6.07, 6.45) is 0. The molecule has 1 aromatic rings. The zero-order valence-electron chi connectivity index (χ0n) is 13.5. The third-order valence-corrected chi connectivity index (χ3v) is 6.57. The van der Waals surface area contributed by atoms with Gasteiger partial charge in [-0.1, -0.05) is 24.8 Å². The molecule has 1 unspecified atom stereocenters. The normalized spacial score (nSPS) is 20.3. The molecule has 126 valence electrons. The number of aliphatic imine (C=N–C) groups is 1. The summed E-state index contributed by atoms with van der Waals surface area (Å²) in [6.45, 7) is 2.88. The first-order valence-electron chi connectivity index (χ1n) is 7.03. The van der Waals surface area contributed by atoms with Crippen LogP contribution in [0.15, 0.2) is 34.2 Å². The van der Waals surface area contributed by atoms with Crippen molar-refractivity contribution in [1.82, 2.24) is 14.5 Å². The molecular weight excluding hydrogens is 352 g/mol. The lowest BCUT2D eigenvalue weighted by atomic mass is 10.3. The van der Waals surface area contributed by atoms with Gasteiger partial charge in [-0.15, -0.1) is 0 Å². The van der Waals surface area contributed by atoms with Gasteiger partial charge in [0.1, 0.15) is 0 Å². The second-order valence-corrected chi connectivity index (χ2v) is 9.22. The second-order valence-electron chi connectivity index (χ2n) is 5.27. The minimum atomic E-state index is -3.47. The molecule has 0 amide bonds. The molecule has 1 aliphatic heterocycles. The van der Waals surface area contributed by atoms with Gasteiger partial charge in [-0.2, -0.15) is 0 Å². The Balaban J connectivity index is 2.38. The highest BCUT2D eigenvalue weighted by Crippen LogP contribution is 2.29. The quantitative estimate of drug-likeness (QED) is 0.817. The van der Waals surface area contributed by atoms with Gasteiger partial charge in [0.25, 0.3) is 0 Å². The van der Waals surface area contributed by atoms with Crippen molar-refractivity contribution >= 4 is 50.0 Å². The predicted octanol–water partition coefficient (Wildman–Crippen LogP) is 1.87. The van der Waals surface area contributed by atoms with Gasteiger partial charge < -0.3 is 5.32 Å². The molecule has 1 atom stereocenters. The number of benzene rings is 1. The van der Waals surface area contributed by atoms with Crippen LogP contribution in [0.2, 0.25) is 0 Å². The van der Waals surface area contributed by atoms with Crippen LogP contribution in [0.25, 0.3) is 0 Å². The standard InChI is InChI=1S/C14H20N4O2S3/c1-10-9-18(13(21)15-2)14(22-10)16-11-6-5-7-12(8-11)23(19,20)17(3)4/h5-8,10H,9H2,1-4H3,(H,15,21). The summed E-state index contributed by atoms with van der Waals surface area (Å²) in [5.41, 5.74) is 0.591. The summed E-state index contributed by atoms with van der Waals surface area (Å²) in [6, 6.07) is 6.62. The maximum absolute atomic E-state index is 12.2. The average Bonchev–Trinajstić information content (AvgIpc) is 2.87. The van der Waals surface area contributed by atoms with Gasteiger partial charge in [0.2, 0.25) is 10.0 Å². The van der Waals surface area contributed by atoms with E-state index in [4.69, 9.17) is 12.2 Å². The van der Waals surface area contributed by atoms with Crippen molar-refractivity contribution in [1.29, 1.82) is 0 Å². The lowest BCUT2D eigenvalue weighted by Crippen LogP contribution is -2.38. The number of thioether (sulfide) groups is 1. The number of amidine groups is 1. The fourth-order valence-electron chi connectivity index (χ4n) is 2.04. The van der Waals surface area contributed by atoms with Crippen LogP contribution >= 0.6 is 24.0 Å². The van der Waals surface area contributed by atoms with Crippen molar-refractivity contribution in [3.63, 3.8) is 0 Å². The van der Waals surface area contributed by atoms with E-state index < -0.39 is 10.0 Å². The Bertz CT molecular complexity index is 731. The molecule has 1 heterocycles. The molecule has 6 nitrogen and oxygen atoms in total. The van der Waals surface area contributed by atoms with Crippen molar-refractivity contribution in [2.24, 2.45) is 4.99 Å². The van der Waals surface area contributed by atoms with Crippen LogP contribution < -0.4 is 5.32 Å². The third-order valence-electron chi connectivity index (χ3n) is 3.26. The summed E-state index contributed by atoms with van der Waals surface area (Å²) >= 11 is 6.92. The van der Waals surface area contributed by atoms with E-state index in [1.54, 1.807) is 43.1 Å². The maximum Gasteiger partial charge on any atom is 0.242 e. The molecule has 0 saturated carbocycles. The Morgan fingerprint density at radius 3 is 2.78 bits per heavy atom. The second kappa shape index (κ2) is 7.16. The first kappa shape index (κ1) is 18.2. The van der Waals surface area contributed by atoms with E-state index in [2.05, 4.69) is 17.2 Å². The molecule has 0 radical (unpaired) electrons. The number of hydrogen-bond acceptors (Lipinski definition) is 5. The fraction of sp³-hybridized carbons (Fsp3) is 0.429. The maximum atomic E-state index is 12.2. The van der Waals surface area contributed by atoms with Gasteiger partial charge in [0.15, 0.2) is 10.3 Å². The van der Waals surface area contributed by atoms with Crippen LogP contribution in [-0.2, 0) is 10.0 Å². The highest BCUT2D eigenvalue weighted by Gasteiger charge is 2.28. The molecular formula is C14H20N4O2S3. The van der Waals surface area contributed by atoms with E-state index in [0.717, 1.165) is 11.7 Å². The van der Waals surface area contributed by atoms with Crippen molar-refractivity contribution in [3.05, 3.63) is 24.3 Å². The van der Waals surface area contributed by atoms with Crippen molar-refractivity contribution < 1.29 is 8.42 Å². The highest BCUT2D eigenvalue weighted by molar-refractivity contribution is 8.14. The number of hydrogen-bond donors (Lipinski definition) is 1. The summed E-state index contributed by atoms with van der Waals surface area (Å²) in [7, 11) is 1.32. The van der Waals surface area contributed by atoms with E-state index in [0.29, 0.717) is 16.0 Å². The van der Waals surface area contributed by atoms with Gasteiger partial charge in [-0.25, -0.2) is 17.7 Å². The summed E-state index contributed by atoms with van der Waals surface area (Å²) < 4.78 is 25.6. The van der Waals surface area contributed by atoms with Gasteiger partial charge in [0.05, 0.1) is 10.6 Å². The molecule has 0 aliphatic carbocycles. The molecule has 1 aliphatic rings. The Morgan fingerprint density at radius 2 is 2.17 bits per heavy atom. The molecule has 9 heteroatoms. The fourth-order valence-corrected chi connectivity index (χ4v) is 4.24. The SMILES string of the molecule is CNC(=S)N1CC(C)SC1=Nc1cccc(S(=O)(=O)N(C)C)c1. The molecule has 0 aromatic heterocycles. The van der Waals surface area contributed by atoms with E-state index in [-0.39, 0.29) is 4.90 Å². The minimum Gasteiger partial charge on any atom is -0.365 e. The molecule has 0 spiro atoms. The first-order chi connectivity index (χ1) is 10.8. The number of rotatable bonds is 3. The average molecular weight is 373 g/mol. The highest BCUT2D eigenvalue weighted by atomic mass is 32.2. The molecule has 23 heavy (non-hydrogen) atoms. The van der Waals surface area contributed by atoms with E-state index in [1.807, 2.05) is 4.90 Å². The van der Waals surface area contributed by atoms with Crippen LogP contribution in [-0.4, -0.2) is 60.8 Å².